The van der Waals surface area contributed by atoms with E-state index in [-0.39, 0.29) is 11.3 Å². The fraction of sp³-hybridized carbons (Fsp3) is 0.429. The molecule has 7 nitrogen and oxygen atoms in total. The smallest absolute Gasteiger partial charge is 0.220 e. The highest BCUT2D eigenvalue weighted by Gasteiger charge is 2.44. The quantitative estimate of drug-likeness (QED) is 0.796. The van der Waals surface area contributed by atoms with E-state index >= 15 is 0 Å². The minimum absolute atomic E-state index is 0.0114. The molecule has 106 valence electrons. The number of hydrogen-bond acceptors (Lipinski definition) is 5. The Labute approximate surface area is 121 Å². The molecule has 0 saturated carbocycles. The van der Waals surface area contributed by atoms with Crippen molar-refractivity contribution in [3.63, 3.8) is 0 Å². The van der Waals surface area contributed by atoms with Crippen molar-refractivity contribution in [1.29, 1.82) is 5.26 Å². The molecule has 0 bridgehead atoms. The highest BCUT2D eigenvalue weighted by molar-refractivity contribution is 5.93. The van der Waals surface area contributed by atoms with Crippen molar-refractivity contribution in [3.05, 3.63) is 18.1 Å². The summed E-state index contributed by atoms with van der Waals surface area (Å²) in [5.41, 5.74) is 1.25. The maximum absolute atomic E-state index is 11.5. The molecule has 2 aromatic heterocycles. The highest BCUT2D eigenvalue weighted by Crippen LogP contribution is 2.39. The monoisotopic (exact) mass is 282 g/mol. The van der Waals surface area contributed by atoms with Crippen LogP contribution >= 0.6 is 0 Å². The number of amides is 1. The van der Waals surface area contributed by atoms with E-state index in [1.165, 1.54) is 6.33 Å². The molecule has 4 rings (SSSR count). The maximum Gasteiger partial charge on any atom is 0.220 e. The molecule has 1 amide bonds. The minimum atomic E-state index is 0.0114. The molecular formula is C14H14N6O. The van der Waals surface area contributed by atoms with Crippen molar-refractivity contribution < 1.29 is 4.79 Å². The van der Waals surface area contributed by atoms with Gasteiger partial charge in [-0.25, -0.2) is 9.97 Å². The molecule has 2 saturated heterocycles. The maximum atomic E-state index is 11.5. The number of aromatic nitrogens is 3. The first-order valence-corrected chi connectivity index (χ1v) is 6.95. The summed E-state index contributed by atoms with van der Waals surface area (Å²) in [4.78, 5) is 25.2. The molecule has 0 aromatic carbocycles. The van der Waals surface area contributed by atoms with Gasteiger partial charge in [-0.1, -0.05) is 0 Å². The standard InChI is InChI=1S/C14H14N6O/c15-4-9-5-16-12-11(9)13(19-8-18-12)20-2-1-14(7-20)3-10(21)17-6-14/h5,8H,1-3,6-7H2,(H,17,21)(H,16,18,19). The van der Waals surface area contributed by atoms with Crippen LogP contribution in [-0.4, -0.2) is 40.5 Å². The van der Waals surface area contributed by atoms with Gasteiger partial charge in [0, 0.05) is 37.7 Å². The van der Waals surface area contributed by atoms with Crippen molar-refractivity contribution in [1.82, 2.24) is 20.3 Å². The molecule has 1 unspecified atom stereocenters. The molecule has 0 radical (unpaired) electrons. The SMILES string of the molecule is N#Cc1c[nH]c2ncnc(N3CCC4(CNC(=O)C4)C3)c12. The van der Waals surface area contributed by atoms with E-state index in [9.17, 15) is 10.1 Å². The number of nitriles is 1. The number of nitrogens with zero attached hydrogens (tertiary/aromatic N) is 4. The molecule has 1 spiro atoms. The van der Waals surface area contributed by atoms with Crippen LogP contribution in [0.15, 0.2) is 12.5 Å². The number of nitrogens with one attached hydrogen (secondary N) is 2. The predicted octanol–water partition coefficient (Wildman–Crippen LogP) is 0.546. The van der Waals surface area contributed by atoms with Crippen molar-refractivity contribution in [2.24, 2.45) is 5.41 Å². The number of fused-ring (bicyclic) bond motifs is 1. The molecule has 2 aliphatic heterocycles. The van der Waals surface area contributed by atoms with Gasteiger partial charge in [0.05, 0.1) is 10.9 Å². The predicted molar refractivity (Wildman–Crippen MR) is 75.5 cm³/mol. The zero-order chi connectivity index (χ0) is 14.4. The molecular weight excluding hydrogens is 268 g/mol. The topological polar surface area (TPSA) is 97.7 Å². The van der Waals surface area contributed by atoms with E-state index in [2.05, 4.69) is 31.2 Å². The van der Waals surface area contributed by atoms with Crippen LogP contribution in [0.2, 0.25) is 0 Å². The third kappa shape index (κ3) is 1.76. The van der Waals surface area contributed by atoms with Gasteiger partial charge in [-0.05, 0) is 6.42 Å². The number of carbonyl (C=O) groups excluding carboxylic acids is 1. The van der Waals surface area contributed by atoms with Crippen LogP contribution in [0.25, 0.3) is 11.0 Å². The summed E-state index contributed by atoms with van der Waals surface area (Å²) in [5.74, 6) is 0.915. The lowest BCUT2D eigenvalue weighted by atomic mass is 9.86. The Kier molecular flexibility index (Phi) is 2.42. The first-order chi connectivity index (χ1) is 10.2. The van der Waals surface area contributed by atoms with Crippen molar-refractivity contribution in [2.75, 3.05) is 24.5 Å². The van der Waals surface area contributed by atoms with Gasteiger partial charge >= 0.3 is 0 Å². The second-order valence-corrected chi connectivity index (χ2v) is 5.86. The van der Waals surface area contributed by atoms with Gasteiger partial charge in [-0.15, -0.1) is 0 Å². The van der Waals surface area contributed by atoms with Gasteiger partial charge in [-0.3, -0.25) is 4.79 Å². The summed E-state index contributed by atoms with van der Waals surface area (Å²) < 4.78 is 0. The first-order valence-electron chi connectivity index (χ1n) is 6.95. The zero-order valence-corrected chi connectivity index (χ0v) is 11.4. The van der Waals surface area contributed by atoms with Crippen LogP contribution in [0.4, 0.5) is 5.82 Å². The van der Waals surface area contributed by atoms with Gasteiger partial charge < -0.3 is 15.2 Å². The lowest BCUT2D eigenvalue weighted by Crippen LogP contribution is -2.29. The van der Waals surface area contributed by atoms with E-state index in [0.717, 1.165) is 37.3 Å². The number of rotatable bonds is 1. The zero-order valence-electron chi connectivity index (χ0n) is 11.4. The van der Waals surface area contributed by atoms with E-state index in [0.29, 0.717) is 17.6 Å². The number of H-pyrrole nitrogens is 1. The fourth-order valence-electron chi connectivity index (χ4n) is 3.43. The largest absolute Gasteiger partial charge is 0.355 e. The number of hydrogen-bond donors (Lipinski definition) is 2. The van der Waals surface area contributed by atoms with Crippen LogP contribution in [-0.2, 0) is 4.79 Å². The van der Waals surface area contributed by atoms with E-state index in [4.69, 9.17) is 0 Å². The van der Waals surface area contributed by atoms with E-state index in [1.807, 2.05) is 0 Å². The van der Waals surface area contributed by atoms with Crippen LogP contribution in [0, 0.1) is 16.7 Å². The molecule has 0 aliphatic carbocycles. The number of aromatic amines is 1. The normalized spacial score (nSPS) is 24.7. The van der Waals surface area contributed by atoms with Gasteiger partial charge in [0.15, 0.2) is 0 Å². The average Bonchev–Trinajstić information content (AvgIpc) is 3.18. The van der Waals surface area contributed by atoms with Crippen LogP contribution in [0.3, 0.4) is 0 Å². The molecule has 21 heavy (non-hydrogen) atoms. The highest BCUT2D eigenvalue weighted by atomic mass is 16.1. The molecule has 2 aromatic rings. The van der Waals surface area contributed by atoms with Crippen LogP contribution < -0.4 is 10.2 Å². The van der Waals surface area contributed by atoms with Crippen LogP contribution in [0.1, 0.15) is 18.4 Å². The number of carbonyl (C=O) groups is 1. The van der Waals surface area contributed by atoms with Gasteiger partial charge in [0.1, 0.15) is 23.9 Å². The lowest BCUT2D eigenvalue weighted by Gasteiger charge is -2.22. The Hall–Kier alpha value is -2.62. The average molecular weight is 282 g/mol. The Morgan fingerprint density at radius 3 is 3.10 bits per heavy atom. The minimum Gasteiger partial charge on any atom is -0.355 e. The summed E-state index contributed by atoms with van der Waals surface area (Å²) in [6.07, 6.45) is 4.72. The van der Waals surface area contributed by atoms with Gasteiger partial charge in [0.25, 0.3) is 0 Å². The second kappa shape index (κ2) is 4.19. The third-order valence-electron chi connectivity index (χ3n) is 4.50. The molecule has 7 heteroatoms. The Balaban J connectivity index is 1.74. The van der Waals surface area contributed by atoms with Gasteiger partial charge in [0.2, 0.25) is 5.91 Å². The Bertz CT molecular complexity index is 775. The molecule has 4 heterocycles. The van der Waals surface area contributed by atoms with Crippen molar-refractivity contribution >= 4 is 22.8 Å². The van der Waals surface area contributed by atoms with E-state index < -0.39 is 0 Å². The summed E-state index contributed by atoms with van der Waals surface area (Å²) >= 11 is 0. The third-order valence-corrected chi connectivity index (χ3v) is 4.50. The fourth-order valence-corrected chi connectivity index (χ4v) is 3.43. The second-order valence-electron chi connectivity index (χ2n) is 5.86. The molecule has 2 aliphatic rings. The summed E-state index contributed by atoms with van der Waals surface area (Å²) in [6.45, 7) is 2.36. The molecule has 2 N–H and O–H groups in total. The Morgan fingerprint density at radius 2 is 2.33 bits per heavy atom. The van der Waals surface area contributed by atoms with E-state index in [1.54, 1.807) is 6.20 Å². The summed E-state index contributed by atoms with van der Waals surface area (Å²) in [5, 5.41) is 12.9. The first kappa shape index (κ1) is 12.1. The molecule has 2 fully saturated rings. The summed E-state index contributed by atoms with van der Waals surface area (Å²) in [7, 11) is 0. The van der Waals surface area contributed by atoms with Crippen molar-refractivity contribution in [2.45, 2.75) is 12.8 Å². The van der Waals surface area contributed by atoms with Gasteiger partial charge in [-0.2, -0.15) is 5.26 Å². The lowest BCUT2D eigenvalue weighted by molar-refractivity contribution is -0.119. The molecule has 1 atom stereocenters. The summed E-state index contributed by atoms with van der Waals surface area (Å²) in [6, 6.07) is 2.18. The number of anilines is 1. The van der Waals surface area contributed by atoms with Crippen LogP contribution in [0.5, 0.6) is 0 Å². The van der Waals surface area contributed by atoms with Crippen molar-refractivity contribution in [3.8, 4) is 6.07 Å². The Morgan fingerprint density at radius 1 is 1.43 bits per heavy atom.